The van der Waals surface area contributed by atoms with Gasteiger partial charge in [-0.05, 0) is 36.8 Å². The number of halogens is 3. The summed E-state index contributed by atoms with van der Waals surface area (Å²) in [5.74, 6) is -0.582. The Bertz CT molecular complexity index is 528. The summed E-state index contributed by atoms with van der Waals surface area (Å²) in [7, 11) is 0. The van der Waals surface area contributed by atoms with E-state index in [0.29, 0.717) is 0 Å². The monoisotopic (exact) mass is 289 g/mol. The van der Waals surface area contributed by atoms with Gasteiger partial charge in [-0.3, -0.25) is 0 Å². The van der Waals surface area contributed by atoms with Crippen molar-refractivity contribution < 1.29 is 4.39 Å². The van der Waals surface area contributed by atoms with Gasteiger partial charge in [0, 0.05) is 15.8 Å². The Morgan fingerprint density at radius 3 is 2.29 bits per heavy atom. The van der Waals surface area contributed by atoms with Crippen LogP contribution in [-0.4, -0.2) is 0 Å². The van der Waals surface area contributed by atoms with Crippen molar-refractivity contribution in [3.8, 4) is 10.4 Å². The van der Waals surface area contributed by atoms with E-state index in [1.54, 1.807) is 23.5 Å². The molecule has 1 unspecified atom stereocenters. The number of rotatable bonds is 2. The van der Waals surface area contributed by atoms with Crippen LogP contribution in [0.15, 0.2) is 24.3 Å². The molecule has 2 aromatic rings. The lowest BCUT2D eigenvalue weighted by Gasteiger charge is -2.03. The molecule has 2 rings (SSSR count). The smallest absolute Gasteiger partial charge is 0.160 e. The molecule has 0 aliphatic heterocycles. The summed E-state index contributed by atoms with van der Waals surface area (Å²) in [5.41, 5.74) is 6.59. The molecule has 1 aromatic heterocycles. The maximum Gasteiger partial charge on any atom is 0.160 e. The molecule has 0 amide bonds. The van der Waals surface area contributed by atoms with Gasteiger partial charge in [0.25, 0.3) is 0 Å². The van der Waals surface area contributed by atoms with Crippen LogP contribution in [0.3, 0.4) is 0 Å². The van der Waals surface area contributed by atoms with E-state index in [1.807, 2.05) is 19.1 Å². The molecule has 1 aromatic carbocycles. The van der Waals surface area contributed by atoms with Crippen LogP contribution in [0.5, 0.6) is 0 Å². The Morgan fingerprint density at radius 1 is 1.24 bits per heavy atom. The molecule has 1 nitrogen and oxygen atoms in total. The number of hydrogen-bond donors (Lipinski definition) is 1. The summed E-state index contributed by atoms with van der Waals surface area (Å²) in [5, 5.41) is 0.0616. The third-order valence-corrected chi connectivity index (χ3v) is 4.23. The van der Waals surface area contributed by atoms with E-state index in [2.05, 4.69) is 0 Å². The molecule has 0 aliphatic rings. The molecular weight excluding hydrogens is 280 g/mol. The van der Waals surface area contributed by atoms with E-state index in [4.69, 9.17) is 28.9 Å². The first-order chi connectivity index (χ1) is 7.99. The van der Waals surface area contributed by atoms with Gasteiger partial charge in [-0.2, -0.15) is 0 Å². The maximum atomic E-state index is 13.3. The predicted octanol–water partition coefficient (Wildman–Crippen LogP) is 4.88. The Kier molecular flexibility index (Phi) is 3.73. The molecule has 0 fully saturated rings. The van der Waals surface area contributed by atoms with E-state index in [1.165, 1.54) is 0 Å². The van der Waals surface area contributed by atoms with E-state index in [-0.39, 0.29) is 16.1 Å². The van der Waals surface area contributed by atoms with Gasteiger partial charge in [-0.25, -0.2) is 4.39 Å². The Balaban J connectivity index is 2.46. The molecule has 0 bridgehead atoms. The molecule has 1 heterocycles. The van der Waals surface area contributed by atoms with Crippen molar-refractivity contribution in [1.82, 2.24) is 0 Å². The average Bonchev–Trinajstić information content (AvgIpc) is 2.74. The summed E-state index contributed by atoms with van der Waals surface area (Å²) in [6.45, 7) is 1.92. The van der Waals surface area contributed by atoms with Crippen molar-refractivity contribution >= 4 is 34.5 Å². The fraction of sp³-hybridized carbons (Fsp3) is 0.167. The number of hydrogen-bond acceptors (Lipinski definition) is 2. The zero-order chi connectivity index (χ0) is 12.6. The number of benzene rings is 1. The largest absolute Gasteiger partial charge is 0.324 e. The lowest BCUT2D eigenvalue weighted by molar-refractivity contribution is 0.629. The lowest BCUT2D eigenvalue weighted by atomic mass is 10.2. The fourth-order valence-electron chi connectivity index (χ4n) is 1.45. The summed E-state index contributed by atoms with van der Waals surface area (Å²) >= 11 is 13.1. The summed E-state index contributed by atoms with van der Waals surface area (Å²) in [6.07, 6.45) is 0. The molecule has 5 heteroatoms. The second kappa shape index (κ2) is 4.94. The molecule has 2 N–H and O–H groups in total. The van der Waals surface area contributed by atoms with Crippen LogP contribution in [0.2, 0.25) is 10.0 Å². The first-order valence-corrected chi connectivity index (χ1v) is 6.56. The standard InChI is InChI=1S/C12H10Cl2FNS/c1-6(16)10-2-3-11(17-10)7-4-8(13)12(15)9(14)5-7/h2-6H,16H2,1H3. The van der Waals surface area contributed by atoms with Crippen molar-refractivity contribution in [2.75, 3.05) is 0 Å². The predicted molar refractivity (Wildman–Crippen MR) is 72.3 cm³/mol. The van der Waals surface area contributed by atoms with E-state index >= 15 is 0 Å². The molecule has 0 spiro atoms. The third kappa shape index (κ3) is 2.63. The topological polar surface area (TPSA) is 26.0 Å². The number of thiophene rings is 1. The van der Waals surface area contributed by atoms with Gasteiger partial charge < -0.3 is 5.73 Å². The van der Waals surface area contributed by atoms with Crippen LogP contribution >= 0.6 is 34.5 Å². The second-order valence-corrected chi connectivity index (χ2v) is 5.67. The molecular formula is C12H10Cl2FNS. The Morgan fingerprint density at radius 2 is 1.82 bits per heavy atom. The molecule has 0 saturated heterocycles. The molecule has 90 valence electrons. The van der Waals surface area contributed by atoms with Crippen LogP contribution in [0.1, 0.15) is 17.8 Å². The normalized spacial score (nSPS) is 12.8. The first-order valence-electron chi connectivity index (χ1n) is 4.99. The highest BCUT2D eigenvalue weighted by atomic mass is 35.5. The highest BCUT2D eigenvalue weighted by Gasteiger charge is 2.11. The molecule has 1 atom stereocenters. The highest BCUT2D eigenvalue weighted by molar-refractivity contribution is 7.15. The Hall–Kier alpha value is -0.610. The summed E-state index contributed by atoms with van der Waals surface area (Å²) in [6, 6.07) is 7.01. The van der Waals surface area contributed by atoms with E-state index < -0.39 is 5.82 Å². The van der Waals surface area contributed by atoms with Gasteiger partial charge in [0.05, 0.1) is 10.0 Å². The van der Waals surface area contributed by atoms with Crippen LogP contribution in [-0.2, 0) is 0 Å². The third-order valence-electron chi connectivity index (χ3n) is 2.34. The molecule has 0 aliphatic carbocycles. The molecule has 0 saturated carbocycles. The van der Waals surface area contributed by atoms with Gasteiger partial charge in [-0.15, -0.1) is 11.3 Å². The zero-order valence-electron chi connectivity index (χ0n) is 9.01. The van der Waals surface area contributed by atoms with Crippen LogP contribution in [0.4, 0.5) is 4.39 Å². The average molecular weight is 290 g/mol. The summed E-state index contributed by atoms with van der Waals surface area (Å²) < 4.78 is 13.3. The summed E-state index contributed by atoms with van der Waals surface area (Å²) in [4.78, 5) is 2.04. The van der Waals surface area contributed by atoms with Crippen molar-refractivity contribution in [3.05, 3.63) is 45.0 Å². The lowest BCUT2D eigenvalue weighted by Crippen LogP contribution is -2.01. The fourth-order valence-corrected chi connectivity index (χ4v) is 2.89. The van der Waals surface area contributed by atoms with Gasteiger partial charge in [0.2, 0.25) is 0 Å². The van der Waals surface area contributed by atoms with Crippen LogP contribution < -0.4 is 5.73 Å². The quantitative estimate of drug-likeness (QED) is 0.784. The molecule has 0 radical (unpaired) electrons. The number of nitrogens with two attached hydrogens (primary N) is 1. The minimum Gasteiger partial charge on any atom is -0.324 e. The van der Waals surface area contributed by atoms with Gasteiger partial charge >= 0.3 is 0 Å². The second-order valence-electron chi connectivity index (χ2n) is 3.74. The first kappa shape index (κ1) is 12.8. The van der Waals surface area contributed by atoms with Crippen molar-refractivity contribution in [2.24, 2.45) is 5.73 Å². The Labute approximate surface area is 113 Å². The van der Waals surface area contributed by atoms with Crippen molar-refractivity contribution in [1.29, 1.82) is 0 Å². The maximum absolute atomic E-state index is 13.3. The van der Waals surface area contributed by atoms with Crippen molar-refractivity contribution in [3.63, 3.8) is 0 Å². The van der Waals surface area contributed by atoms with Crippen molar-refractivity contribution in [2.45, 2.75) is 13.0 Å². The minimum absolute atomic E-state index is 0.0138. The van der Waals surface area contributed by atoms with E-state index in [9.17, 15) is 4.39 Å². The van der Waals surface area contributed by atoms with Crippen LogP contribution in [0.25, 0.3) is 10.4 Å². The SMILES string of the molecule is CC(N)c1ccc(-c2cc(Cl)c(F)c(Cl)c2)s1. The van der Waals surface area contributed by atoms with E-state index in [0.717, 1.165) is 15.3 Å². The van der Waals surface area contributed by atoms with Gasteiger partial charge in [0.15, 0.2) is 5.82 Å². The minimum atomic E-state index is -0.582. The zero-order valence-corrected chi connectivity index (χ0v) is 11.3. The van der Waals surface area contributed by atoms with Gasteiger partial charge in [0.1, 0.15) is 0 Å². The molecule has 17 heavy (non-hydrogen) atoms. The van der Waals surface area contributed by atoms with Crippen LogP contribution in [0, 0.1) is 5.82 Å². The van der Waals surface area contributed by atoms with Gasteiger partial charge in [-0.1, -0.05) is 23.2 Å². The highest BCUT2D eigenvalue weighted by Crippen LogP contribution is 2.35.